The Bertz CT molecular complexity index is 899. The summed E-state index contributed by atoms with van der Waals surface area (Å²) in [6.45, 7) is 2.04. The van der Waals surface area contributed by atoms with Gasteiger partial charge >= 0.3 is 5.97 Å². The molecule has 0 amide bonds. The van der Waals surface area contributed by atoms with Crippen molar-refractivity contribution >= 4 is 29.0 Å². The summed E-state index contributed by atoms with van der Waals surface area (Å²) in [5, 5.41) is 3.46. The minimum Gasteiger partial charge on any atom is -0.497 e. The van der Waals surface area contributed by atoms with Gasteiger partial charge in [0.2, 0.25) is 0 Å². The molecule has 2 aromatic rings. The molecular weight excluding hydrogens is 376 g/mol. The molecule has 0 saturated carbocycles. The first-order valence-corrected chi connectivity index (χ1v) is 9.33. The molecule has 1 heterocycles. The van der Waals surface area contributed by atoms with Crippen molar-refractivity contribution in [2.24, 2.45) is 10.9 Å². The van der Waals surface area contributed by atoms with E-state index in [1.54, 1.807) is 33.3 Å². The van der Waals surface area contributed by atoms with E-state index in [0.29, 0.717) is 22.3 Å². The van der Waals surface area contributed by atoms with Gasteiger partial charge in [-0.2, -0.15) is 0 Å². The predicted octanol–water partition coefficient (Wildman–Crippen LogP) is 3.30. The molecule has 0 aromatic heterocycles. The lowest BCUT2D eigenvalue weighted by atomic mass is 9.84. The fraction of sp³-hybridized carbons (Fsp3) is 0.286. The van der Waals surface area contributed by atoms with Gasteiger partial charge < -0.3 is 19.5 Å². The van der Waals surface area contributed by atoms with Gasteiger partial charge in [0.15, 0.2) is 5.11 Å². The van der Waals surface area contributed by atoms with E-state index >= 15 is 0 Å². The van der Waals surface area contributed by atoms with Crippen LogP contribution in [-0.4, -0.2) is 37.6 Å². The molecule has 1 aliphatic heterocycles. The number of ether oxygens (including phenoxy) is 3. The van der Waals surface area contributed by atoms with Crippen LogP contribution < -0.4 is 14.8 Å². The summed E-state index contributed by atoms with van der Waals surface area (Å²) in [5.74, 6) is 0.185. The van der Waals surface area contributed by atoms with Crippen LogP contribution in [0.3, 0.4) is 0 Å². The molecule has 0 fully saturated rings. The molecule has 1 aliphatic rings. The molecule has 7 heteroatoms. The number of methoxy groups -OCH3 is 2. The third-order valence-corrected chi connectivity index (χ3v) is 4.72. The maximum atomic E-state index is 13.0. The standard InChI is InChI=1S/C21H22N2O4S/c1-4-27-20(24)17-18(13-8-6-5-7-9-13)22-21(28)23-19(17)15-12-14(25-2)10-11-16(15)26-3/h5-12,17,19H,4H2,1-3H3,(H,23,28). The summed E-state index contributed by atoms with van der Waals surface area (Å²) in [6.07, 6.45) is 0. The lowest BCUT2D eigenvalue weighted by Crippen LogP contribution is -2.45. The zero-order valence-electron chi connectivity index (χ0n) is 16.0. The van der Waals surface area contributed by atoms with Crippen molar-refractivity contribution < 1.29 is 19.0 Å². The Labute approximate surface area is 169 Å². The summed E-state index contributed by atoms with van der Waals surface area (Å²) in [6, 6.07) is 14.4. The fourth-order valence-corrected chi connectivity index (χ4v) is 3.48. The van der Waals surface area contributed by atoms with E-state index in [4.69, 9.17) is 26.4 Å². The van der Waals surface area contributed by atoms with Gasteiger partial charge in [0.1, 0.15) is 17.4 Å². The topological polar surface area (TPSA) is 69.2 Å². The number of aliphatic imine (C=N–C) groups is 1. The van der Waals surface area contributed by atoms with Crippen LogP contribution in [-0.2, 0) is 9.53 Å². The second-order valence-electron chi connectivity index (χ2n) is 6.13. The third kappa shape index (κ3) is 3.99. The number of carbonyl (C=O) groups is 1. The van der Waals surface area contributed by atoms with Crippen molar-refractivity contribution in [2.75, 3.05) is 20.8 Å². The van der Waals surface area contributed by atoms with Crippen LogP contribution >= 0.6 is 12.2 Å². The van der Waals surface area contributed by atoms with E-state index in [-0.39, 0.29) is 12.6 Å². The molecule has 6 nitrogen and oxygen atoms in total. The first kappa shape index (κ1) is 19.8. The highest BCUT2D eigenvalue weighted by Crippen LogP contribution is 2.37. The van der Waals surface area contributed by atoms with Crippen LogP contribution in [0.4, 0.5) is 0 Å². The third-order valence-electron chi connectivity index (χ3n) is 4.51. The number of hydrogen-bond donors (Lipinski definition) is 1. The van der Waals surface area contributed by atoms with Crippen molar-refractivity contribution in [2.45, 2.75) is 13.0 Å². The Balaban J connectivity index is 2.16. The van der Waals surface area contributed by atoms with Crippen molar-refractivity contribution in [1.29, 1.82) is 0 Å². The minimum absolute atomic E-state index is 0.268. The van der Waals surface area contributed by atoms with E-state index in [2.05, 4.69) is 10.3 Å². The van der Waals surface area contributed by atoms with E-state index in [1.165, 1.54) is 0 Å². The summed E-state index contributed by atoms with van der Waals surface area (Å²) in [4.78, 5) is 17.4. The molecule has 0 bridgehead atoms. The van der Waals surface area contributed by atoms with Crippen LogP contribution in [0, 0.1) is 5.92 Å². The Morgan fingerprint density at radius 3 is 2.54 bits per heavy atom. The maximum absolute atomic E-state index is 13.0. The Morgan fingerprint density at radius 2 is 1.89 bits per heavy atom. The number of nitrogens with one attached hydrogen (secondary N) is 1. The molecule has 0 saturated heterocycles. The van der Waals surface area contributed by atoms with Gasteiger partial charge in [-0.15, -0.1) is 0 Å². The summed E-state index contributed by atoms with van der Waals surface area (Å²) in [5.41, 5.74) is 2.12. The van der Waals surface area contributed by atoms with Crippen LogP contribution in [0.25, 0.3) is 0 Å². The Kier molecular flexibility index (Phi) is 6.26. The highest BCUT2D eigenvalue weighted by atomic mass is 32.1. The van der Waals surface area contributed by atoms with Crippen molar-refractivity contribution in [1.82, 2.24) is 5.32 Å². The normalized spacial score (nSPS) is 18.7. The van der Waals surface area contributed by atoms with Gasteiger partial charge in [0, 0.05) is 5.56 Å². The highest BCUT2D eigenvalue weighted by molar-refractivity contribution is 7.80. The van der Waals surface area contributed by atoms with Gasteiger partial charge in [-0.1, -0.05) is 30.3 Å². The molecular formula is C21H22N2O4S. The van der Waals surface area contributed by atoms with E-state index < -0.39 is 12.0 Å². The Morgan fingerprint density at radius 1 is 1.14 bits per heavy atom. The molecule has 2 unspecified atom stereocenters. The number of benzene rings is 2. The fourth-order valence-electron chi connectivity index (χ4n) is 3.26. The largest absolute Gasteiger partial charge is 0.497 e. The molecule has 1 N–H and O–H groups in total. The van der Waals surface area contributed by atoms with Crippen LogP contribution in [0.1, 0.15) is 24.1 Å². The molecule has 3 rings (SSSR count). The van der Waals surface area contributed by atoms with Crippen LogP contribution in [0.2, 0.25) is 0 Å². The van der Waals surface area contributed by atoms with Gasteiger partial charge in [0.25, 0.3) is 0 Å². The van der Waals surface area contributed by atoms with Gasteiger partial charge in [0.05, 0.1) is 32.6 Å². The minimum atomic E-state index is -0.699. The lowest BCUT2D eigenvalue weighted by molar-refractivity contribution is -0.146. The second kappa shape index (κ2) is 8.84. The van der Waals surface area contributed by atoms with E-state index in [9.17, 15) is 4.79 Å². The first-order valence-electron chi connectivity index (χ1n) is 8.92. The quantitative estimate of drug-likeness (QED) is 0.595. The molecule has 0 radical (unpaired) electrons. The molecule has 2 aromatic carbocycles. The zero-order chi connectivity index (χ0) is 20.1. The van der Waals surface area contributed by atoms with Gasteiger partial charge in [-0.25, -0.2) is 4.99 Å². The summed E-state index contributed by atoms with van der Waals surface area (Å²) in [7, 11) is 3.17. The smallest absolute Gasteiger partial charge is 0.317 e. The zero-order valence-corrected chi connectivity index (χ0v) is 16.8. The van der Waals surface area contributed by atoms with Crippen LogP contribution in [0.5, 0.6) is 11.5 Å². The molecule has 146 valence electrons. The molecule has 0 aliphatic carbocycles. The molecule has 28 heavy (non-hydrogen) atoms. The monoisotopic (exact) mass is 398 g/mol. The summed E-state index contributed by atoms with van der Waals surface area (Å²) >= 11 is 5.38. The SMILES string of the molecule is CCOC(=O)C1C(c2ccccc2)=NC(=S)NC1c1cc(OC)ccc1OC. The lowest BCUT2D eigenvalue weighted by Gasteiger charge is -2.33. The molecule has 2 atom stereocenters. The van der Waals surface area contributed by atoms with E-state index in [0.717, 1.165) is 11.1 Å². The molecule has 0 spiro atoms. The first-order chi connectivity index (χ1) is 13.6. The number of nitrogens with zero attached hydrogens (tertiary/aromatic N) is 1. The van der Waals surface area contributed by atoms with Crippen molar-refractivity contribution in [3.05, 3.63) is 59.7 Å². The second-order valence-corrected chi connectivity index (χ2v) is 6.51. The number of thiocarbonyl (C=S) groups is 1. The number of carbonyl (C=O) groups excluding carboxylic acids is 1. The summed E-state index contributed by atoms with van der Waals surface area (Å²) < 4.78 is 16.3. The Hall–Kier alpha value is -2.93. The number of hydrogen-bond acceptors (Lipinski definition) is 5. The van der Waals surface area contributed by atoms with Gasteiger partial charge in [-0.05, 0) is 42.9 Å². The predicted molar refractivity (Wildman–Crippen MR) is 111 cm³/mol. The van der Waals surface area contributed by atoms with Crippen molar-refractivity contribution in [3.8, 4) is 11.5 Å². The van der Waals surface area contributed by atoms with Crippen molar-refractivity contribution in [3.63, 3.8) is 0 Å². The highest BCUT2D eigenvalue weighted by Gasteiger charge is 2.40. The number of rotatable bonds is 6. The average Bonchev–Trinajstić information content (AvgIpc) is 2.73. The maximum Gasteiger partial charge on any atom is 0.317 e. The van der Waals surface area contributed by atoms with Crippen LogP contribution in [0.15, 0.2) is 53.5 Å². The van der Waals surface area contributed by atoms with Gasteiger partial charge in [-0.3, -0.25) is 4.79 Å². The number of esters is 1. The average molecular weight is 398 g/mol. The van der Waals surface area contributed by atoms with E-state index in [1.807, 2.05) is 36.4 Å².